The first-order chi connectivity index (χ1) is 13.7. The molecule has 4 rings (SSSR count). The molecule has 0 atom stereocenters. The monoisotopic (exact) mass is 373 g/mol. The van der Waals surface area contributed by atoms with Crippen LogP contribution in [0.3, 0.4) is 0 Å². The summed E-state index contributed by atoms with van der Waals surface area (Å²) in [5.41, 5.74) is 2.02. The van der Waals surface area contributed by atoms with Gasteiger partial charge in [-0.25, -0.2) is 0 Å². The standard InChI is InChI=1S/C24H23NO3/c1-25(17-19-7-10-20-5-2-3-6-21(20)15-19)24(26)12-9-18-8-11-22-23(16-18)28-14-4-13-27-22/h2-3,5-12,15-16H,4,13-14,17H2,1H3/b12-9+. The maximum atomic E-state index is 12.5. The van der Waals surface area contributed by atoms with Crippen LogP contribution in [0.15, 0.2) is 66.7 Å². The van der Waals surface area contributed by atoms with E-state index in [4.69, 9.17) is 9.47 Å². The van der Waals surface area contributed by atoms with E-state index in [2.05, 4.69) is 30.3 Å². The third-order valence-corrected chi connectivity index (χ3v) is 4.80. The van der Waals surface area contributed by atoms with Gasteiger partial charge in [-0.3, -0.25) is 4.79 Å². The second kappa shape index (κ2) is 8.17. The molecule has 1 amide bonds. The van der Waals surface area contributed by atoms with Crippen LogP contribution in [0.1, 0.15) is 17.5 Å². The van der Waals surface area contributed by atoms with Gasteiger partial charge in [0, 0.05) is 26.1 Å². The highest BCUT2D eigenvalue weighted by Crippen LogP contribution is 2.30. The number of carbonyl (C=O) groups excluding carboxylic acids is 1. The van der Waals surface area contributed by atoms with Gasteiger partial charge in [0.1, 0.15) is 0 Å². The normalized spacial score (nSPS) is 13.5. The van der Waals surface area contributed by atoms with Crippen LogP contribution < -0.4 is 9.47 Å². The van der Waals surface area contributed by atoms with E-state index in [0.29, 0.717) is 19.8 Å². The van der Waals surface area contributed by atoms with Crippen LogP contribution in [0.5, 0.6) is 11.5 Å². The molecule has 28 heavy (non-hydrogen) atoms. The fraction of sp³-hybridized carbons (Fsp3) is 0.208. The summed E-state index contributed by atoms with van der Waals surface area (Å²) in [6, 6.07) is 20.3. The zero-order chi connectivity index (χ0) is 19.3. The van der Waals surface area contributed by atoms with E-state index in [0.717, 1.165) is 29.0 Å². The van der Waals surface area contributed by atoms with Gasteiger partial charge < -0.3 is 14.4 Å². The molecule has 4 nitrogen and oxygen atoms in total. The Kier molecular flexibility index (Phi) is 5.29. The summed E-state index contributed by atoms with van der Waals surface area (Å²) < 4.78 is 11.3. The van der Waals surface area contributed by atoms with Gasteiger partial charge in [0.25, 0.3) is 0 Å². The number of likely N-dealkylation sites (N-methyl/N-ethyl adjacent to an activating group) is 1. The summed E-state index contributed by atoms with van der Waals surface area (Å²) in [6.45, 7) is 1.88. The smallest absolute Gasteiger partial charge is 0.246 e. The molecule has 0 radical (unpaired) electrons. The van der Waals surface area contributed by atoms with Gasteiger partial charge in [0.05, 0.1) is 13.2 Å². The molecule has 0 saturated heterocycles. The van der Waals surface area contributed by atoms with Crippen molar-refractivity contribution in [2.75, 3.05) is 20.3 Å². The van der Waals surface area contributed by atoms with Crippen molar-refractivity contribution < 1.29 is 14.3 Å². The molecular formula is C24H23NO3. The maximum absolute atomic E-state index is 12.5. The van der Waals surface area contributed by atoms with Crippen molar-refractivity contribution in [2.24, 2.45) is 0 Å². The zero-order valence-electron chi connectivity index (χ0n) is 15.9. The summed E-state index contributed by atoms with van der Waals surface area (Å²) in [7, 11) is 1.82. The Hall–Kier alpha value is -3.27. The zero-order valence-corrected chi connectivity index (χ0v) is 15.9. The van der Waals surface area contributed by atoms with Gasteiger partial charge in [-0.1, -0.05) is 42.5 Å². The van der Waals surface area contributed by atoms with Crippen LogP contribution in [0.25, 0.3) is 16.8 Å². The average molecular weight is 373 g/mol. The minimum atomic E-state index is -0.0414. The Morgan fingerprint density at radius 1 is 0.964 bits per heavy atom. The number of carbonyl (C=O) groups is 1. The Bertz CT molecular complexity index is 1030. The highest BCUT2D eigenvalue weighted by molar-refractivity contribution is 5.91. The van der Waals surface area contributed by atoms with Crippen LogP contribution >= 0.6 is 0 Å². The second-order valence-electron chi connectivity index (χ2n) is 6.97. The fourth-order valence-corrected chi connectivity index (χ4v) is 3.27. The number of hydrogen-bond donors (Lipinski definition) is 0. The highest BCUT2D eigenvalue weighted by Gasteiger charge is 2.10. The Labute approximate surface area is 165 Å². The van der Waals surface area contributed by atoms with Gasteiger partial charge in [-0.15, -0.1) is 0 Å². The number of nitrogens with zero attached hydrogens (tertiary/aromatic N) is 1. The number of amides is 1. The lowest BCUT2D eigenvalue weighted by atomic mass is 10.1. The molecule has 0 fully saturated rings. The number of benzene rings is 3. The lowest BCUT2D eigenvalue weighted by Crippen LogP contribution is -2.24. The summed E-state index contributed by atoms with van der Waals surface area (Å²) in [5, 5.41) is 2.39. The fourth-order valence-electron chi connectivity index (χ4n) is 3.27. The number of hydrogen-bond acceptors (Lipinski definition) is 3. The topological polar surface area (TPSA) is 38.8 Å². The molecule has 0 aliphatic carbocycles. The molecule has 1 aliphatic heterocycles. The lowest BCUT2D eigenvalue weighted by Gasteiger charge is -2.15. The summed E-state index contributed by atoms with van der Waals surface area (Å²) in [5.74, 6) is 1.45. The first-order valence-electron chi connectivity index (χ1n) is 9.49. The van der Waals surface area contributed by atoms with Crippen molar-refractivity contribution in [3.63, 3.8) is 0 Å². The molecule has 1 heterocycles. The Morgan fingerprint density at radius 3 is 2.61 bits per heavy atom. The van der Waals surface area contributed by atoms with Gasteiger partial charge in [-0.05, 0) is 46.2 Å². The van der Waals surface area contributed by atoms with Crippen molar-refractivity contribution in [1.82, 2.24) is 4.90 Å². The molecule has 0 saturated carbocycles. The van der Waals surface area contributed by atoms with Crippen LogP contribution in [-0.4, -0.2) is 31.1 Å². The first kappa shape index (κ1) is 18.1. The molecule has 0 bridgehead atoms. The maximum Gasteiger partial charge on any atom is 0.246 e. The molecular weight excluding hydrogens is 350 g/mol. The van der Waals surface area contributed by atoms with Gasteiger partial charge in [-0.2, -0.15) is 0 Å². The van der Waals surface area contributed by atoms with Crippen molar-refractivity contribution in [2.45, 2.75) is 13.0 Å². The summed E-state index contributed by atoms with van der Waals surface area (Å²) in [4.78, 5) is 14.2. The SMILES string of the molecule is CN(Cc1ccc2ccccc2c1)C(=O)/C=C/c1ccc2c(c1)OCCCO2. The van der Waals surface area contributed by atoms with E-state index in [9.17, 15) is 4.79 Å². The van der Waals surface area contributed by atoms with Gasteiger partial charge >= 0.3 is 0 Å². The van der Waals surface area contributed by atoms with Crippen LogP contribution in [0, 0.1) is 0 Å². The third-order valence-electron chi connectivity index (χ3n) is 4.80. The lowest BCUT2D eigenvalue weighted by molar-refractivity contribution is -0.125. The van der Waals surface area contributed by atoms with Gasteiger partial charge in [0.2, 0.25) is 5.91 Å². The van der Waals surface area contributed by atoms with Crippen LogP contribution in [0.2, 0.25) is 0 Å². The largest absolute Gasteiger partial charge is 0.490 e. The predicted molar refractivity (Wildman–Crippen MR) is 112 cm³/mol. The molecule has 3 aromatic carbocycles. The quantitative estimate of drug-likeness (QED) is 0.624. The van der Waals surface area contributed by atoms with E-state index in [1.807, 2.05) is 43.5 Å². The molecule has 1 aliphatic rings. The summed E-state index contributed by atoms with van der Waals surface area (Å²) >= 11 is 0. The van der Waals surface area contributed by atoms with Crippen LogP contribution in [0.4, 0.5) is 0 Å². The van der Waals surface area contributed by atoms with E-state index in [1.165, 1.54) is 10.8 Å². The first-order valence-corrected chi connectivity index (χ1v) is 9.49. The van der Waals surface area contributed by atoms with Crippen molar-refractivity contribution in [3.8, 4) is 11.5 Å². The molecule has 0 unspecified atom stereocenters. The molecule has 3 aromatic rings. The van der Waals surface area contributed by atoms with Crippen molar-refractivity contribution in [3.05, 3.63) is 77.9 Å². The second-order valence-corrected chi connectivity index (χ2v) is 6.97. The van der Waals surface area contributed by atoms with Gasteiger partial charge in [0.15, 0.2) is 11.5 Å². The Morgan fingerprint density at radius 2 is 1.75 bits per heavy atom. The Balaban J connectivity index is 1.43. The molecule has 142 valence electrons. The number of rotatable bonds is 4. The predicted octanol–water partition coefficient (Wildman–Crippen LogP) is 4.67. The molecule has 0 aromatic heterocycles. The highest BCUT2D eigenvalue weighted by atomic mass is 16.5. The number of ether oxygens (including phenoxy) is 2. The van der Waals surface area contributed by atoms with E-state index < -0.39 is 0 Å². The third kappa shape index (κ3) is 4.17. The average Bonchev–Trinajstić information content (AvgIpc) is 2.96. The van der Waals surface area contributed by atoms with Crippen molar-refractivity contribution >= 4 is 22.8 Å². The van der Waals surface area contributed by atoms with E-state index >= 15 is 0 Å². The minimum absolute atomic E-state index is 0.0414. The number of fused-ring (bicyclic) bond motifs is 2. The van der Waals surface area contributed by atoms with E-state index in [1.54, 1.807) is 11.0 Å². The van der Waals surface area contributed by atoms with Crippen molar-refractivity contribution in [1.29, 1.82) is 0 Å². The molecule has 0 spiro atoms. The van der Waals surface area contributed by atoms with E-state index in [-0.39, 0.29) is 5.91 Å². The molecule has 4 heteroatoms. The minimum Gasteiger partial charge on any atom is -0.490 e. The summed E-state index contributed by atoms with van der Waals surface area (Å²) in [6.07, 6.45) is 4.28. The van der Waals surface area contributed by atoms with Crippen LogP contribution in [-0.2, 0) is 11.3 Å². The molecule has 0 N–H and O–H groups in total.